The highest BCUT2D eigenvalue weighted by Crippen LogP contribution is 2.54. The third-order valence-electron chi connectivity index (χ3n) is 7.34. The molecular formula is C30H21BrF3N3O4S2. The minimum atomic E-state index is -4.80. The van der Waals surface area contributed by atoms with Crippen LogP contribution in [0.15, 0.2) is 87.1 Å². The van der Waals surface area contributed by atoms with Gasteiger partial charge in [-0.05, 0) is 48.9 Å². The Morgan fingerprint density at radius 2 is 1.70 bits per heavy atom. The standard InChI is InChI=1S/C30H21BrF3N3O4S2/c1-15-9-11-18(12-10-15)35-21(38)14-36-28-25(43-29(36)41)22(16-5-4-6-17(31)13-16)23-24(42-28)27(40)37(26(23)39)20-8-3-2-7-19(20)30(32,33)34/h2-13,22-24H,14H2,1H3,(H,35,38)/t22-,23-,24+/m0/s1. The minimum Gasteiger partial charge on any atom is -0.325 e. The number of aryl methyl sites for hydroxylation is 1. The molecule has 1 fully saturated rings. The number of para-hydroxylation sites is 1. The quantitative estimate of drug-likeness (QED) is 0.244. The van der Waals surface area contributed by atoms with Gasteiger partial charge in [0, 0.05) is 21.0 Å². The number of alkyl halides is 3. The van der Waals surface area contributed by atoms with Gasteiger partial charge in [0.25, 0.3) is 0 Å². The van der Waals surface area contributed by atoms with Gasteiger partial charge in [0.15, 0.2) is 0 Å². The number of nitrogens with one attached hydrogen (secondary N) is 1. The number of benzene rings is 3. The molecule has 3 atom stereocenters. The topological polar surface area (TPSA) is 88.5 Å². The van der Waals surface area contributed by atoms with Crippen LogP contribution in [-0.2, 0) is 27.1 Å². The maximum absolute atomic E-state index is 14.0. The SMILES string of the molecule is Cc1ccc(NC(=O)Cn2c3c(sc2=O)[C@@H](c2cccc(Br)c2)[C@@H]2C(=O)N(c4ccccc4C(F)(F)F)C(=O)[C@@H]2S3)cc1. The third kappa shape index (κ3) is 5.34. The van der Waals surface area contributed by atoms with Crippen molar-refractivity contribution in [2.24, 2.45) is 5.92 Å². The molecule has 7 nitrogen and oxygen atoms in total. The number of thiazole rings is 1. The van der Waals surface area contributed by atoms with Crippen LogP contribution in [0, 0.1) is 12.8 Å². The second-order valence-electron chi connectivity index (χ2n) is 10.2. The van der Waals surface area contributed by atoms with Crippen LogP contribution in [0.2, 0.25) is 0 Å². The van der Waals surface area contributed by atoms with Crippen LogP contribution in [0.4, 0.5) is 24.5 Å². The van der Waals surface area contributed by atoms with Crippen LogP contribution in [0.25, 0.3) is 0 Å². The number of anilines is 2. The van der Waals surface area contributed by atoms with E-state index in [4.69, 9.17) is 0 Å². The zero-order chi connectivity index (χ0) is 30.6. The van der Waals surface area contributed by atoms with Gasteiger partial charge in [-0.2, -0.15) is 13.2 Å². The molecule has 6 rings (SSSR count). The van der Waals surface area contributed by atoms with Crippen molar-refractivity contribution in [3.63, 3.8) is 0 Å². The van der Waals surface area contributed by atoms with Gasteiger partial charge in [0.2, 0.25) is 17.7 Å². The van der Waals surface area contributed by atoms with Crippen molar-refractivity contribution < 1.29 is 27.6 Å². The maximum atomic E-state index is 14.0. The van der Waals surface area contributed by atoms with Gasteiger partial charge in [-0.1, -0.05) is 81.0 Å². The van der Waals surface area contributed by atoms with E-state index in [1.54, 1.807) is 36.4 Å². The van der Waals surface area contributed by atoms with Crippen LogP contribution in [0.1, 0.15) is 27.5 Å². The molecule has 0 radical (unpaired) electrons. The Kier molecular flexibility index (Phi) is 7.59. The molecule has 0 spiro atoms. The molecule has 3 heterocycles. The van der Waals surface area contributed by atoms with Crippen LogP contribution < -0.4 is 15.1 Å². The lowest BCUT2D eigenvalue weighted by Gasteiger charge is -2.30. The van der Waals surface area contributed by atoms with E-state index in [1.165, 1.54) is 16.7 Å². The normalized spacial score (nSPS) is 19.7. The second kappa shape index (κ2) is 11.1. The van der Waals surface area contributed by atoms with Crippen LogP contribution in [0.3, 0.4) is 0 Å². The number of hydrogen-bond acceptors (Lipinski definition) is 6. The van der Waals surface area contributed by atoms with Gasteiger partial charge in [-0.15, -0.1) is 0 Å². The van der Waals surface area contributed by atoms with Crippen molar-refractivity contribution >= 4 is 68.1 Å². The molecule has 1 N–H and O–H groups in total. The first-order chi connectivity index (χ1) is 20.4. The first-order valence-corrected chi connectivity index (χ1v) is 15.5. The fraction of sp³-hybridized carbons (Fsp3) is 0.200. The molecule has 13 heteroatoms. The van der Waals surface area contributed by atoms with Gasteiger partial charge in [0.1, 0.15) is 11.8 Å². The van der Waals surface area contributed by atoms with Crippen LogP contribution in [0.5, 0.6) is 0 Å². The van der Waals surface area contributed by atoms with E-state index < -0.39 is 57.1 Å². The molecule has 2 aliphatic heterocycles. The van der Waals surface area contributed by atoms with Gasteiger partial charge in [-0.25, -0.2) is 4.90 Å². The minimum absolute atomic E-state index is 0.340. The molecule has 1 aromatic heterocycles. The van der Waals surface area contributed by atoms with Crippen molar-refractivity contribution in [3.8, 4) is 0 Å². The summed E-state index contributed by atoms with van der Waals surface area (Å²) in [6.45, 7) is 1.56. The van der Waals surface area contributed by atoms with Crippen molar-refractivity contribution in [2.75, 3.05) is 10.2 Å². The number of halogens is 4. The number of nitrogens with zero attached hydrogens (tertiary/aromatic N) is 2. The average molecular weight is 689 g/mol. The lowest BCUT2D eigenvalue weighted by atomic mass is 9.83. The van der Waals surface area contributed by atoms with Gasteiger partial charge < -0.3 is 5.32 Å². The molecule has 3 amide bonds. The summed E-state index contributed by atoms with van der Waals surface area (Å²) in [4.78, 5) is 54.7. The Morgan fingerprint density at radius 3 is 2.40 bits per heavy atom. The fourth-order valence-electron chi connectivity index (χ4n) is 5.44. The zero-order valence-corrected chi connectivity index (χ0v) is 25.4. The molecule has 0 saturated carbocycles. The zero-order valence-electron chi connectivity index (χ0n) is 22.2. The van der Waals surface area contributed by atoms with Crippen molar-refractivity contribution in [1.29, 1.82) is 0 Å². The van der Waals surface area contributed by atoms with E-state index in [0.29, 0.717) is 30.5 Å². The Hall–Kier alpha value is -3.68. The Labute approximate surface area is 259 Å². The molecule has 43 heavy (non-hydrogen) atoms. The molecule has 3 aromatic carbocycles. The highest BCUT2D eigenvalue weighted by molar-refractivity contribution is 9.10. The predicted molar refractivity (Wildman–Crippen MR) is 161 cm³/mol. The average Bonchev–Trinajstić information content (AvgIpc) is 3.39. The summed E-state index contributed by atoms with van der Waals surface area (Å²) < 4.78 is 43.8. The van der Waals surface area contributed by atoms with Crippen LogP contribution >= 0.6 is 39.0 Å². The second-order valence-corrected chi connectivity index (χ2v) is 13.2. The fourth-order valence-corrected chi connectivity index (χ4v) is 8.63. The summed E-state index contributed by atoms with van der Waals surface area (Å²) in [6.07, 6.45) is -4.80. The van der Waals surface area contributed by atoms with Crippen molar-refractivity contribution in [2.45, 2.75) is 35.8 Å². The molecule has 0 bridgehead atoms. The monoisotopic (exact) mass is 687 g/mol. The van der Waals surface area contributed by atoms with Crippen molar-refractivity contribution in [3.05, 3.63) is 109 Å². The summed E-state index contributed by atoms with van der Waals surface area (Å²) in [5, 5.41) is 1.98. The number of thioether (sulfide) groups is 1. The lowest BCUT2D eigenvalue weighted by Crippen LogP contribution is -2.33. The summed E-state index contributed by atoms with van der Waals surface area (Å²) in [5.74, 6) is -3.94. The number of rotatable bonds is 5. The number of aromatic nitrogens is 1. The maximum Gasteiger partial charge on any atom is 0.418 e. The summed E-state index contributed by atoms with van der Waals surface area (Å²) in [7, 11) is 0. The number of carbonyl (C=O) groups is 3. The molecule has 1 saturated heterocycles. The van der Waals surface area contributed by atoms with Crippen LogP contribution in [-0.4, -0.2) is 27.5 Å². The first-order valence-electron chi connectivity index (χ1n) is 13.0. The highest BCUT2D eigenvalue weighted by atomic mass is 79.9. The van der Waals surface area contributed by atoms with E-state index in [-0.39, 0.29) is 6.54 Å². The Morgan fingerprint density at radius 1 is 0.977 bits per heavy atom. The van der Waals surface area contributed by atoms with E-state index in [0.717, 1.165) is 40.8 Å². The number of imide groups is 1. The molecule has 4 aromatic rings. The predicted octanol–water partition coefficient (Wildman–Crippen LogP) is 6.43. The van der Waals surface area contributed by atoms with E-state index in [1.807, 2.05) is 19.1 Å². The summed E-state index contributed by atoms with van der Waals surface area (Å²) in [5.41, 5.74) is 0.525. The first kappa shape index (κ1) is 29.4. The van der Waals surface area contributed by atoms with Gasteiger partial charge >= 0.3 is 11.0 Å². The van der Waals surface area contributed by atoms with E-state index in [9.17, 15) is 32.3 Å². The number of amides is 3. The third-order valence-corrected chi connectivity index (χ3v) is 10.4. The van der Waals surface area contributed by atoms with Gasteiger partial charge in [-0.3, -0.25) is 23.7 Å². The highest BCUT2D eigenvalue weighted by Gasteiger charge is 2.57. The Bertz CT molecular complexity index is 1840. The lowest BCUT2D eigenvalue weighted by molar-refractivity contribution is -0.137. The molecule has 0 aliphatic carbocycles. The molecule has 2 aliphatic rings. The van der Waals surface area contributed by atoms with Gasteiger partial charge in [0.05, 0.1) is 22.2 Å². The number of fused-ring (bicyclic) bond motifs is 2. The largest absolute Gasteiger partial charge is 0.418 e. The van der Waals surface area contributed by atoms with E-state index in [2.05, 4.69) is 21.2 Å². The molecular weight excluding hydrogens is 667 g/mol. The molecule has 220 valence electrons. The summed E-state index contributed by atoms with van der Waals surface area (Å²) >= 11 is 5.23. The molecule has 0 unspecified atom stereocenters. The smallest absolute Gasteiger partial charge is 0.325 e. The number of hydrogen-bond donors (Lipinski definition) is 1. The van der Waals surface area contributed by atoms with E-state index >= 15 is 0 Å². The summed E-state index contributed by atoms with van der Waals surface area (Å²) in [6, 6.07) is 18.6. The Balaban J connectivity index is 1.43. The number of carbonyl (C=O) groups excluding carboxylic acids is 3. The van der Waals surface area contributed by atoms with Crippen molar-refractivity contribution in [1.82, 2.24) is 4.57 Å².